The van der Waals surface area contributed by atoms with Crippen molar-refractivity contribution in [1.82, 2.24) is 4.98 Å². The van der Waals surface area contributed by atoms with E-state index in [4.69, 9.17) is 9.84 Å². The normalized spacial score (nSPS) is 11.3. The molecule has 3 aromatic rings. The van der Waals surface area contributed by atoms with Gasteiger partial charge < -0.3 is 14.6 Å². The van der Waals surface area contributed by atoms with E-state index in [0.717, 1.165) is 6.07 Å². The Morgan fingerprint density at radius 3 is 2.33 bits per heavy atom. The van der Waals surface area contributed by atoms with Crippen molar-refractivity contribution in [2.45, 2.75) is 33.8 Å². The number of fused-ring (bicyclic) bond motifs is 1. The average molecular weight is 461 g/mol. The summed E-state index contributed by atoms with van der Waals surface area (Å²) in [6, 6.07) is 8.96. The van der Waals surface area contributed by atoms with Crippen LogP contribution in [0.4, 0.5) is 13.2 Å². The van der Waals surface area contributed by atoms with Crippen molar-refractivity contribution in [3.8, 4) is 11.6 Å². The fourth-order valence-electron chi connectivity index (χ4n) is 3.47. The summed E-state index contributed by atoms with van der Waals surface area (Å²) in [5.41, 5.74) is 1.56. The molecule has 0 atom stereocenters. The first-order chi connectivity index (χ1) is 15.6. The average Bonchev–Trinajstić information content (AvgIpc) is 2.75. The molecule has 0 fully saturated rings. The lowest BCUT2D eigenvalue weighted by molar-refractivity contribution is -0.139. The predicted octanol–water partition coefficient (Wildman–Crippen LogP) is 5.18. The molecule has 1 N–H and O–H groups in total. The number of pyridine rings is 1. The van der Waals surface area contributed by atoms with Crippen LogP contribution < -0.4 is 9.47 Å². The Morgan fingerprint density at radius 1 is 1.09 bits per heavy atom. The van der Waals surface area contributed by atoms with Crippen LogP contribution in [0.25, 0.3) is 10.9 Å². The molecular weight excluding hydrogens is 439 g/mol. The number of hydrogen-bond acceptors (Lipinski definition) is 5. The highest BCUT2D eigenvalue weighted by Gasteiger charge is 2.22. The van der Waals surface area contributed by atoms with Gasteiger partial charge in [-0.3, -0.25) is 4.79 Å². The van der Waals surface area contributed by atoms with Gasteiger partial charge in [0.1, 0.15) is 17.1 Å². The lowest BCUT2D eigenvalue weighted by atomic mass is 9.95. The van der Waals surface area contributed by atoms with E-state index in [2.05, 4.69) is 9.72 Å². The molecule has 0 amide bonds. The Balaban J connectivity index is 2.12. The minimum absolute atomic E-state index is 0.0254. The van der Waals surface area contributed by atoms with Crippen LogP contribution in [-0.4, -0.2) is 35.1 Å². The SMILES string of the molecule is Cc1c(Cc2ccc(C(=O)C(C)C)cc2)c(OC(F)F)nc2c(F)ccc(OCC(=O)O)c12. The zero-order chi connectivity index (χ0) is 24.3. The van der Waals surface area contributed by atoms with Crippen LogP contribution in [0.3, 0.4) is 0 Å². The van der Waals surface area contributed by atoms with Crippen LogP contribution >= 0.6 is 0 Å². The van der Waals surface area contributed by atoms with Gasteiger partial charge in [-0.2, -0.15) is 8.78 Å². The molecule has 0 spiro atoms. The number of nitrogens with zero attached hydrogens (tertiary/aromatic N) is 1. The molecule has 3 rings (SSSR count). The number of ketones is 1. The van der Waals surface area contributed by atoms with Gasteiger partial charge in [-0.25, -0.2) is 14.2 Å². The van der Waals surface area contributed by atoms with Crippen LogP contribution in [0.2, 0.25) is 0 Å². The molecule has 6 nitrogen and oxygen atoms in total. The monoisotopic (exact) mass is 461 g/mol. The summed E-state index contributed by atoms with van der Waals surface area (Å²) >= 11 is 0. The van der Waals surface area contributed by atoms with Crippen molar-refractivity contribution in [3.63, 3.8) is 0 Å². The second kappa shape index (κ2) is 9.89. The number of rotatable bonds is 9. The van der Waals surface area contributed by atoms with E-state index in [-0.39, 0.29) is 40.3 Å². The van der Waals surface area contributed by atoms with Crippen LogP contribution in [0.15, 0.2) is 36.4 Å². The number of benzene rings is 2. The van der Waals surface area contributed by atoms with Gasteiger partial charge in [0, 0.05) is 28.9 Å². The van der Waals surface area contributed by atoms with Gasteiger partial charge in [0.2, 0.25) is 5.88 Å². The third kappa shape index (κ3) is 5.42. The maximum absolute atomic E-state index is 14.5. The lowest BCUT2D eigenvalue weighted by Crippen LogP contribution is -2.12. The first kappa shape index (κ1) is 24.0. The van der Waals surface area contributed by atoms with E-state index in [1.54, 1.807) is 45.0 Å². The highest BCUT2D eigenvalue weighted by atomic mass is 19.3. The van der Waals surface area contributed by atoms with Crippen molar-refractivity contribution in [3.05, 3.63) is 64.5 Å². The van der Waals surface area contributed by atoms with Gasteiger partial charge in [0.25, 0.3) is 0 Å². The molecule has 33 heavy (non-hydrogen) atoms. The van der Waals surface area contributed by atoms with E-state index in [0.29, 0.717) is 16.7 Å². The van der Waals surface area contributed by atoms with Gasteiger partial charge >= 0.3 is 12.6 Å². The predicted molar refractivity (Wildman–Crippen MR) is 115 cm³/mol. The topological polar surface area (TPSA) is 85.7 Å². The molecule has 0 aliphatic heterocycles. The van der Waals surface area contributed by atoms with E-state index in [1.165, 1.54) is 6.07 Å². The van der Waals surface area contributed by atoms with Crippen LogP contribution in [0, 0.1) is 18.7 Å². The molecule has 0 radical (unpaired) electrons. The third-order valence-corrected chi connectivity index (χ3v) is 5.09. The Bertz CT molecular complexity index is 1190. The number of alkyl halides is 2. The maximum Gasteiger partial charge on any atom is 0.388 e. The Kier molecular flexibility index (Phi) is 7.20. The zero-order valence-electron chi connectivity index (χ0n) is 18.2. The molecule has 9 heteroatoms. The molecular formula is C24H22F3NO5. The largest absolute Gasteiger partial charge is 0.481 e. The highest BCUT2D eigenvalue weighted by molar-refractivity contribution is 5.97. The molecule has 1 aromatic heterocycles. The molecule has 0 bridgehead atoms. The Hall–Kier alpha value is -3.62. The van der Waals surface area contributed by atoms with Crippen LogP contribution in [0.5, 0.6) is 11.6 Å². The maximum atomic E-state index is 14.5. The number of carbonyl (C=O) groups is 2. The van der Waals surface area contributed by atoms with Gasteiger partial charge in [-0.1, -0.05) is 38.1 Å². The fourth-order valence-corrected chi connectivity index (χ4v) is 3.47. The summed E-state index contributed by atoms with van der Waals surface area (Å²) < 4.78 is 50.6. The molecule has 0 aliphatic carbocycles. The number of Topliss-reactive ketones (excluding diaryl/α,β-unsaturated/α-hetero) is 1. The van der Waals surface area contributed by atoms with E-state index in [9.17, 15) is 22.8 Å². The number of aromatic nitrogens is 1. The zero-order valence-corrected chi connectivity index (χ0v) is 18.2. The highest BCUT2D eigenvalue weighted by Crippen LogP contribution is 2.36. The molecule has 1 heterocycles. The molecule has 0 aliphatic rings. The standard InChI is InChI=1S/C24H22F3NO5/c1-12(2)22(31)15-6-4-14(5-7-15)10-16-13(3)20-18(32-11-19(29)30)9-8-17(25)21(20)28-23(16)33-24(26)27/h4-9,12,24H,10-11H2,1-3H3,(H,29,30). The van der Waals surface area contributed by atoms with Gasteiger partial charge in [-0.05, 0) is 30.2 Å². The molecule has 0 saturated heterocycles. The summed E-state index contributed by atoms with van der Waals surface area (Å²) in [5.74, 6) is -2.60. The minimum atomic E-state index is -3.19. The summed E-state index contributed by atoms with van der Waals surface area (Å²) in [7, 11) is 0. The number of aliphatic carboxylic acids is 1. The van der Waals surface area contributed by atoms with Crippen molar-refractivity contribution in [1.29, 1.82) is 0 Å². The quantitative estimate of drug-likeness (QED) is 0.442. The summed E-state index contributed by atoms with van der Waals surface area (Å²) in [6.45, 7) is 1.29. The number of ether oxygens (including phenoxy) is 2. The lowest BCUT2D eigenvalue weighted by Gasteiger charge is -2.17. The van der Waals surface area contributed by atoms with Crippen molar-refractivity contribution in [2.75, 3.05) is 6.61 Å². The fraction of sp³-hybridized carbons (Fsp3) is 0.292. The van der Waals surface area contributed by atoms with Gasteiger partial charge in [0.05, 0.1) is 0 Å². The smallest absolute Gasteiger partial charge is 0.388 e. The molecule has 0 unspecified atom stereocenters. The summed E-state index contributed by atoms with van der Waals surface area (Å²) in [4.78, 5) is 27.1. The number of halogens is 3. The van der Waals surface area contributed by atoms with Crippen molar-refractivity contribution in [2.24, 2.45) is 5.92 Å². The first-order valence-corrected chi connectivity index (χ1v) is 10.1. The summed E-state index contributed by atoms with van der Waals surface area (Å²) in [5, 5.41) is 9.08. The molecule has 2 aromatic carbocycles. The number of hydrogen-bond donors (Lipinski definition) is 1. The third-order valence-electron chi connectivity index (χ3n) is 5.09. The van der Waals surface area contributed by atoms with E-state index < -0.39 is 30.9 Å². The Morgan fingerprint density at radius 2 is 1.76 bits per heavy atom. The minimum Gasteiger partial charge on any atom is -0.481 e. The van der Waals surface area contributed by atoms with Crippen LogP contribution in [0.1, 0.15) is 40.9 Å². The second-order valence-electron chi connectivity index (χ2n) is 7.74. The number of carboxylic acid groups (broad SMARTS) is 1. The number of aryl methyl sites for hydroxylation is 1. The molecule has 174 valence electrons. The summed E-state index contributed by atoms with van der Waals surface area (Å²) in [6.07, 6.45) is 0.0991. The molecule has 0 saturated carbocycles. The van der Waals surface area contributed by atoms with E-state index >= 15 is 0 Å². The number of carboxylic acids is 1. The van der Waals surface area contributed by atoms with Crippen LogP contribution in [-0.2, 0) is 11.2 Å². The number of carbonyl (C=O) groups excluding carboxylic acids is 1. The van der Waals surface area contributed by atoms with Gasteiger partial charge in [-0.15, -0.1) is 0 Å². The van der Waals surface area contributed by atoms with Crippen molar-refractivity contribution >= 4 is 22.7 Å². The van der Waals surface area contributed by atoms with Gasteiger partial charge in [0.15, 0.2) is 12.4 Å². The van der Waals surface area contributed by atoms with Crippen molar-refractivity contribution < 1.29 is 37.3 Å². The van der Waals surface area contributed by atoms with E-state index in [1.807, 2.05) is 0 Å². The first-order valence-electron chi connectivity index (χ1n) is 10.1. The Labute approximate surface area is 188 Å². The second-order valence-corrected chi connectivity index (χ2v) is 7.74.